The molecule has 0 fully saturated rings. The lowest BCUT2D eigenvalue weighted by atomic mass is 10.2. The molecule has 14 heavy (non-hydrogen) atoms. The molecule has 0 radical (unpaired) electrons. The number of hydrogen-bond donors (Lipinski definition) is 2. The molecule has 0 aromatic rings. The minimum absolute atomic E-state index is 0.487. The summed E-state index contributed by atoms with van der Waals surface area (Å²) in [5, 5.41) is 8.34. The highest BCUT2D eigenvalue weighted by Gasteiger charge is 2.15. The largest absolute Gasteiger partial charge is 0.444 e. The molecule has 0 atom stereocenters. The van der Waals surface area contributed by atoms with E-state index in [0.29, 0.717) is 5.33 Å². The Morgan fingerprint density at radius 1 is 1.57 bits per heavy atom. The van der Waals surface area contributed by atoms with Crippen molar-refractivity contribution >= 4 is 28.2 Å². The molecule has 0 unspecified atom stereocenters. The Hall–Kier alpha value is -0.840. The van der Waals surface area contributed by atoms with Crippen molar-refractivity contribution in [3.8, 4) is 0 Å². The molecule has 3 N–H and O–H groups in total. The molecular formula is C9H16BrN2O2+. The van der Waals surface area contributed by atoms with Crippen molar-refractivity contribution in [3.63, 3.8) is 0 Å². The first-order valence-electron chi connectivity index (χ1n) is 4.18. The molecule has 0 heterocycles. The number of hydrogen-bond acceptors (Lipinski definition) is 2. The lowest BCUT2D eigenvalue weighted by molar-refractivity contribution is -0.104. The monoisotopic (exact) mass is 263 g/mol. The van der Waals surface area contributed by atoms with Crippen molar-refractivity contribution in [2.75, 3.05) is 5.33 Å². The Bertz CT molecular complexity index is 244. The zero-order chi connectivity index (χ0) is 11.2. The van der Waals surface area contributed by atoms with E-state index < -0.39 is 11.7 Å². The second kappa shape index (κ2) is 5.80. The fourth-order valence-corrected chi connectivity index (χ4v) is 0.939. The van der Waals surface area contributed by atoms with Crippen LogP contribution in [0.15, 0.2) is 11.8 Å². The number of carbonyl (C=O) groups is 1. The summed E-state index contributed by atoms with van der Waals surface area (Å²) in [5.41, 5.74) is 0.287. The molecule has 0 bridgehead atoms. The fourth-order valence-electron chi connectivity index (χ4n) is 0.590. The molecule has 0 saturated heterocycles. The molecule has 5 heteroatoms. The Morgan fingerprint density at radius 2 is 2.14 bits per heavy atom. The molecule has 0 saturated carbocycles. The van der Waals surface area contributed by atoms with Gasteiger partial charge in [-0.3, -0.25) is 10.7 Å². The van der Waals surface area contributed by atoms with Gasteiger partial charge in [0.15, 0.2) is 6.21 Å². The van der Waals surface area contributed by atoms with E-state index in [-0.39, 0.29) is 0 Å². The number of allylic oxidation sites excluding steroid dienone is 1. The second-order valence-corrected chi connectivity index (χ2v) is 4.23. The Labute approximate surface area is 92.3 Å². The molecule has 0 aromatic carbocycles. The standard InChI is InChI=1S/C9H15BrN2O2/c1-9(2,3)14-8(13)12-6-7(4-10)5-11/h5-6,11H,4H2,1-3H3,(H,12,13)/p+1/b7-6-,11-5?. The molecule has 0 aromatic heterocycles. The number of amides is 1. The van der Waals surface area contributed by atoms with Crippen LogP contribution in [0.2, 0.25) is 0 Å². The molecule has 1 amide bonds. The summed E-state index contributed by atoms with van der Waals surface area (Å²) in [6.45, 7) is 5.41. The van der Waals surface area contributed by atoms with Gasteiger partial charge in [-0.15, -0.1) is 0 Å². The summed E-state index contributed by atoms with van der Waals surface area (Å²) in [6, 6.07) is 0. The van der Waals surface area contributed by atoms with Crippen LogP contribution >= 0.6 is 15.9 Å². The first kappa shape index (κ1) is 13.2. The van der Waals surface area contributed by atoms with E-state index in [1.54, 1.807) is 20.8 Å². The minimum atomic E-state index is -0.488. The third-order valence-electron chi connectivity index (χ3n) is 1.14. The topological polar surface area (TPSA) is 63.9 Å². The number of ether oxygens (including phenoxy) is 1. The lowest BCUT2D eigenvalue weighted by Gasteiger charge is -2.18. The van der Waals surface area contributed by atoms with Gasteiger partial charge in [-0.2, -0.15) is 0 Å². The fraction of sp³-hybridized carbons (Fsp3) is 0.556. The first-order valence-corrected chi connectivity index (χ1v) is 5.30. The van der Waals surface area contributed by atoms with Gasteiger partial charge in [-0.25, -0.2) is 4.79 Å². The van der Waals surface area contributed by atoms with Gasteiger partial charge in [0.2, 0.25) is 0 Å². The highest BCUT2D eigenvalue weighted by Crippen LogP contribution is 2.06. The molecular weight excluding hydrogens is 248 g/mol. The molecule has 0 aliphatic rings. The smallest absolute Gasteiger partial charge is 0.411 e. The number of carbonyl (C=O) groups excluding carboxylic acids is 1. The van der Waals surface area contributed by atoms with Crippen LogP contribution in [0, 0.1) is 0 Å². The van der Waals surface area contributed by atoms with Crippen molar-refractivity contribution in [3.05, 3.63) is 11.8 Å². The molecule has 0 aliphatic carbocycles. The predicted molar refractivity (Wildman–Crippen MR) is 59.2 cm³/mol. The summed E-state index contributed by atoms with van der Waals surface area (Å²) in [5.74, 6) is 0. The predicted octanol–water partition coefficient (Wildman–Crippen LogP) is 0.620. The molecule has 0 rings (SSSR count). The van der Waals surface area contributed by atoms with Crippen LogP contribution < -0.4 is 10.7 Å². The van der Waals surface area contributed by atoms with Crippen molar-refractivity contribution in [2.45, 2.75) is 26.4 Å². The SMILES string of the molecule is CC(C)(C)OC(=O)N/C=C(\C=[NH2+])CBr. The van der Waals surface area contributed by atoms with Crippen LogP contribution in [0.4, 0.5) is 4.79 Å². The number of alkyl carbamates (subject to hydrolysis) is 1. The summed E-state index contributed by atoms with van der Waals surface area (Å²) in [4.78, 5) is 11.1. The zero-order valence-electron chi connectivity index (χ0n) is 8.63. The molecule has 80 valence electrons. The van der Waals surface area contributed by atoms with Gasteiger partial charge in [-0.1, -0.05) is 15.9 Å². The van der Waals surface area contributed by atoms with E-state index in [0.717, 1.165) is 5.57 Å². The van der Waals surface area contributed by atoms with Crippen LogP contribution in [0.5, 0.6) is 0 Å². The Kier molecular flexibility index (Phi) is 5.45. The normalized spacial score (nSPS) is 12.1. The maximum absolute atomic E-state index is 11.1. The van der Waals surface area contributed by atoms with Crippen LogP contribution in [0.3, 0.4) is 0 Å². The number of nitrogens with two attached hydrogens (primary N) is 1. The van der Waals surface area contributed by atoms with Gasteiger partial charge >= 0.3 is 6.09 Å². The van der Waals surface area contributed by atoms with E-state index in [1.807, 2.05) is 0 Å². The van der Waals surface area contributed by atoms with Crippen LogP contribution in [0.25, 0.3) is 0 Å². The quantitative estimate of drug-likeness (QED) is 0.579. The van der Waals surface area contributed by atoms with Crippen molar-refractivity contribution in [2.24, 2.45) is 0 Å². The van der Waals surface area contributed by atoms with E-state index in [2.05, 4.69) is 21.2 Å². The first-order chi connectivity index (χ1) is 6.39. The Balaban J connectivity index is 4.08. The summed E-state index contributed by atoms with van der Waals surface area (Å²) in [6.07, 6.45) is 2.42. The third kappa shape index (κ3) is 6.65. The van der Waals surface area contributed by atoms with Crippen molar-refractivity contribution in [1.29, 1.82) is 0 Å². The van der Waals surface area contributed by atoms with E-state index in [9.17, 15) is 4.79 Å². The number of rotatable bonds is 3. The van der Waals surface area contributed by atoms with E-state index in [4.69, 9.17) is 10.1 Å². The zero-order valence-corrected chi connectivity index (χ0v) is 10.2. The van der Waals surface area contributed by atoms with Gasteiger partial charge in [-0.05, 0) is 20.8 Å². The maximum atomic E-state index is 11.1. The average Bonchev–Trinajstić information content (AvgIpc) is 2.03. The highest BCUT2D eigenvalue weighted by molar-refractivity contribution is 9.09. The van der Waals surface area contributed by atoms with Gasteiger partial charge in [0.25, 0.3) is 0 Å². The summed E-state index contributed by atoms with van der Waals surface area (Å²) >= 11 is 3.22. The van der Waals surface area contributed by atoms with Gasteiger partial charge in [0.05, 0.1) is 0 Å². The molecule has 0 spiro atoms. The minimum Gasteiger partial charge on any atom is -0.444 e. The maximum Gasteiger partial charge on any atom is 0.411 e. The number of alkyl halides is 1. The summed E-state index contributed by atoms with van der Waals surface area (Å²) < 4.78 is 5.01. The lowest BCUT2D eigenvalue weighted by Crippen LogP contribution is -2.33. The van der Waals surface area contributed by atoms with E-state index >= 15 is 0 Å². The van der Waals surface area contributed by atoms with E-state index in [1.165, 1.54) is 12.4 Å². The summed E-state index contributed by atoms with van der Waals surface area (Å²) in [7, 11) is 0. The van der Waals surface area contributed by atoms with Gasteiger partial charge in [0, 0.05) is 17.1 Å². The van der Waals surface area contributed by atoms with Crippen LogP contribution in [-0.4, -0.2) is 23.2 Å². The molecule has 4 nitrogen and oxygen atoms in total. The highest BCUT2D eigenvalue weighted by atomic mass is 79.9. The molecule has 0 aliphatic heterocycles. The van der Waals surface area contributed by atoms with Gasteiger partial charge < -0.3 is 4.74 Å². The second-order valence-electron chi connectivity index (χ2n) is 3.67. The van der Waals surface area contributed by atoms with Crippen molar-refractivity contribution in [1.82, 2.24) is 5.32 Å². The van der Waals surface area contributed by atoms with Crippen LogP contribution in [-0.2, 0) is 4.74 Å². The third-order valence-corrected chi connectivity index (χ3v) is 1.79. The van der Waals surface area contributed by atoms with Crippen molar-refractivity contribution < 1.29 is 14.9 Å². The average molecular weight is 264 g/mol. The number of halogens is 1. The number of nitrogens with one attached hydrogen (secondary N) is 1. The van der Waals surface area contributed by atoms with Crippen LogP contribution in [0.1, 0.15) is 20.8 Å². The van der Waals surface area contributed by atoms with Gasteiger partial charge in [0.1, 0.15) is 5.60 Å². The Morgan fingerprint density at radius 3 is 2.50 bits per heavy atom.